The quantitative estimate of drug-likeness (QED) is 0.566. The molecule has 0 aromatic carbocycles. The van der Waals surface area contributed by atoms with Crippen LogP contribution in [0.2, 0.25) is 0 Å². The summed E-state index contributed by atoms with van der Waals surface area (Å²) in [5.74, 6) is 0.817. The molecular formula is C15H29NO2. The zero-order valence-corrected chi connectivity index (χ0v) is 12.0. The third-order valence-electron chi connectivity index (χ3n) is 3.12. The second kappa shape index (κ2) is 12.6. The number of carbonyl (C=O) groups is 1. The summed E-state index contributed by atoms with van der Waals surface area (Å²) in [5.41, 5.74) is 0. The second-order valence-corrected chi connectivity index (χ2v) is 4.75. The lowest BCUT2D eigenvalue weighted by Gasteiger charge is -1.98. The van der Waals surface area contributed by atoms with E-state index in [0.717, 1.165) is 19.4 Å². The number of aliphatic hydroxyl groups excluding tert-OH is 1. The summed E-state index contributed by atoms with van der Waals surface area (Å²) in [6.07, 6.45) is 11.9. The van der Waals surface area contributed by atoms with E-state index in [0.29, 0.717) is 18.9 Å². The lowest BCUT2D eigenvalue weighted by molar-refractivity contribution is -0.121. The number of carbonyl (C=O) groups excluding carboxylic acids is 1. The van der Waals surface area contributed by atoms with Crippen LogP contribution in [0.1, 0.15) is 58.8 Å². The van der Waals surface area contributed by atoms with Gasteiger partial charge in [-0.05, 0) is 45.4 Å². The highest BCUT2D eigenvalue weighted by molar-refractivity contribution is 5.75. The molecule has 1 aliphatic rings. The van der Waals surface area contributed by atoms with E-state index in [1.54, 1.807) is 0 Å². The molecule has 0 atom stereocenters. The fraction of sp³-hybridized carbons (Fsp3) is 0.800. The van der Waals surface area contributed by atoms with Gasteiger partial charge in [-0.25, -0.2) is 0 Å². The molecule has 0 aromatic rings. The lowest BCUT2D eigenvalue weighted by atomic mass is 10.1. The van der Waals surface area contributed by atoms with Gasteiger partial charge in [-0.1, -0.05) is 25.0 Å². The van der Waals surface area contributed by atoms with E-state index in [1.807, 2.05) is 19.9 Å². The normalized spacial score (nSPS) is 15.5. The monoisotopic (exact) mass is 255 g/mol. The number of hydrogen-bond donors (Lipinski definition) is 2. The predicted octanol–water partition coefficient (Wildman–Crippen LogP) is 3.04. The molecule has 1 amide bonds. The van der Waals surface area contributed by atoms with E-state index in [2.05, 4.69) is 11.4 Å². The molecule has 0 heterocycles. The average molecular weight is 255 g/mol. The molecule has 0 bridgehead atoms. The molecule has 0 spiro atoms. The first kappa shape index (κ1) is 17.2. The third-order valence-corrected chi connectivity index (χ3v) is 3.12. The summed E-state index contributed by atoms with van der Waals surface area (Å²) in [7, 11) is 0. The van der Waals surface area contributed by atoms with Crippen LogP contribution in [0.15, 0.2) is 12.2 Å². The van der Waals surface area contributed by atoms with Crippen molar-refractivity contribution in [1.82, 2.24) is 5.32 Å². The molecule has 1 saturated carbocycles. The van der Waals surface area contributed by atoms with E-state index in [-0.39, 0.29) is 5.91 Å². The molecule has 0 saturated heterocycles. The molecule has 0 aliphatic heterocycles. The molecule has 1 aliphatic carbocycles. The fourth-order valence-electron chi connectivity index (χ4n) is 2.03. The molecule has 2 N–H and O–H groups in total. The van der Waals surface area contributed by atoms with E-state index in [4.69, 9.17) is 5.11 Å². The van der Waals surface area contributed by atoms with E-state index >= 15 is 0 Å². The van der Waals surface area contributed by atoms with Crippen molar-refractivity contribution in [2.24, 2.45) is 5.92 Å². The van der Waals surface area contributed by atoms with Crippen LogP contribution in [-0.4, -0.2) is 24.2 Å². The maximum atomic E-state index is 10.9. The number of allylic oxidation sites excluding steroid dienone is 2. The Morgan fingerprint density at radius 2 is 2.06 bits per heavy atom. The molecule has 3 nitrogen and oxygen atoms in total. The van der Waals surface area contributed by atoms with Crippen molar-refractivity contribution in [1.29, 1.82) is 0 Å². The maximum absolute atomic E-state index is 10.9. The summed E-state index contributed by atoms with van der Waals surface area (Å²) >= 11 is 0. The summed E-state index contributed by atoms with van der Waals surface area (Å²) in [6, 6.07) is 0. The largest absolute Gasteiger partial charge is 0.396 e. The molecule has 0 unspecified atom stereocenters. The van der Waals surface area contributed by atoms with Gasteiger partial charge < -0.3 is 10.4 Å². The van der Waals surface area contributed by atoms with E-state index < -0.39 is 0 Å². The first-order valence-electron chi connectivity index (χ1n) is 7.23. The van der Waals surface area contributed by atoms with Crippen LogP contribution in [-0.2, 0) is 4.79 Å². The van der Waals surface area contributed by atoms with Crippen molar-refractivity contribution in [2.75, 3.05) is 13.2 Å². The molecule has 0 radical (unpaired) electrons. The Kier molecular flexibility index (Phi) is 12.0. The molecule has 1 fully saturated rings. The van der Waals surface area contributed by atoms with Gasteiger partial charge in [-0.15, -0.1) is 0 Å². The first-order valence-corrected chi connectivity index (χ1v) is 7.23. The van der Waals surface area contributed by atoms with Gasteiger partial charge in [0.05, 0.1) is 0 Å². The molecule has 18 heavy (non-hydrogen) atoms. The van der Waals surface area contributed by atoms with Gasteiger partial charge in [0.15, 0.2) is 0 Å². The van der Waals surface area contributed by atoms with Crippen LogP contribution in [0.4, 0.5) is 0 Å². The Labute approximate surface area is 112 Å². The maximum Gasteiger partial charge on any atom is 0.219 e. The number of aliphatic hydroxyl groups is 1. The highest BCUT2D eigenvalue weighted by atomic mass is 16.3. The van der Waals surface area contributed by atoms with Crippen LogP contribution in [0.5, 0.6) is 0 Å². The van der Waals surface area contributed by atoms with Crippen molar-refractivity contribution >= 4 is 5.91 Å². The summed E-state index contributed by atoms with van der Waals surface area (Å²) < 4.78 is 0. The minimum atomic E-state index is 0.164. The van der Waals surface area contributed by atoms with Crippen molar-refractivity contribution < 1.29 is 9.90 Å². The minimum absolute atomic E-state index is 0.164. The fourth-order valence-corrected chi connectivity index (χ4v) is 2.03. The Bertz CT molecular complexity index is 221. The van der Waals surface area contributed by atoms with Crippen LogP contribution in [0.25, 0.3) is 0 Å². The highest BCUT2D eigenvalue weighted by Crippen LogP contribution is 2.23. The molecule has 106 valence electrons. The Hall–Kier alpha value is -0.830. The number of nitrogens with one attached hydrogen (secondary N) is 1. The van der Waals surface area contributed by atoms with Crippen LogP contribution < -0.4 is 5.32 Å². The van der Waals surface area contributed by atoms with Crippen LogP contribution in [0, 0.1) is 5.92 Å². The van der Waals surface area contributed by atoms with Crippen molar-refractivity contribution in [3.05, 3.63) is 12.2 Å². The molecule has 0 aromatic heterocycles. The molecular weight excluding hydrogens is 226 g/mol. The first-order chi connectivity index (χ1) is 8.74. The summed E-state index contributed by atoms with van der Waals surface area (Å²) in [5, 5.41) is 11.3. The number of hydrogen-bond acceptors (Lipinski definition) is 2. The standard InChI is InChI=1S/C9H17NO.C6H12O/c1-3-5-6-7-8-9(11)10-4-2;7-5-6-3-1-2-4-6/h3,5H,4,6-8H2,1-2H3,(H,10,11);6-7H,1-5H2/b5-3-;. The second-order valence-electron chi connectivity index (χ2n) is 4.75. The Balaban J connectivity index is 0.000000351. The van der Waals surface area contributed by atoms with Gasteiger partial charge in [0, 0.05) is 19.6 Å². The van der Waals surface area contributed by atoms with E-state index in [1.165, 1.54) is 25.7 Å². The average Bonchev–Trinajstić information content (AvgIpc) is 2.89. The predicted molar refractivity (Wildman–Crippen MR) is 76.4 cm³/mol. The number of amides is 1. The highest BCUT2D eigenvalue weighted by Gasteiger charge is 2.12. The lowest BCUT2D eigenvalue weighted by Crippen LogP contribution is -2.21. The van der Waals surface area contributed by atoms with E-state index in [9.17, 15) is 4.79 Å². The van der Waals surface area contributed by atoms with Gasteiger partial charge in [-0.3, -0.25) is 4.79 Å². The Morgan fingerprint density at radius 3 is 2.50 bits per heavy atom. The van der Waals surface area contributed by atoms with Gasteiger partial charge in [0.2, 0.25) is 5.91 Å². The van der Waals surface area contributed by atoms with Crippen molar-refractivity contribution in [3.63, 3.8) is 0 Å². The van der Waals surface area contributed by atoms with Crippen LogP contribution in [0.3, 0.4) is 0 Å². The zero-order chi connectivity index (χ0) is 13.6. The van der Waals surface area contributed by atoms with Gasteiger partial charge in [0.1, 0.15) is 0 Å². The van der Waals surface area contributed by atoms with Crippen LogP contribution >= 0.6 is 0 Å². The zero-order valence-electron chi connectivity index (χ0n) is 12.0. The van der Waals surface area contributed by atoms with Gasteiger partial charge in [0.25, 0.3) is 0 Å². The third kappa shape index (κ3) is 10.3. The summed E-state index contributed by atoms with van der Waals surface area (Å²) in [6.45, 7) is 5.08. The Morgan fingerprint density at radius 1 is 1.39 bits per heavy atom. The topological polar surface area (TPSA) is 49.3 Å². The van der Waals surface area contributed by atoms with Gasteiger partial charge in [-0.2, -0.15) is 0 Å². The van der Waals surface area contributed by atoms with Crippen molar-refractivity contribution in [2.45, 2.75) is 58.8 Å². The SMILES string of the molecule is C/C=C\CCCC(=O)NCC.OCC1CCCC1. The number of unbranched alkanes of at least 4 members (excludes halogenated alkanes) is 1. The van der Waals surface area contributed by atoms with Crippen molar-refractivity contribution in [3.8, 4) is 0 Å². The van der Waals surface area contributed by atoms with Gasteiger partial charge >= 0.3 is 0 Å². The molecule has 3 heteroatoms. The summed E-state index contributed by atoms with van der Waals surface area (Å²) in [4.78, 5) is 10.9. The molecule has 1 rings (SSSR count). The smallest absolute Gasteiger partial charge is 0.219 e. The minimum Gasteiger partial charge on any atom is -0.396 e. The number of rotatable bonds is 6.